The zero-order chi connectivity index (χ0) is 8.27. The van der Waals surface area contributed by atoms with Gasteiger partial charge >= 0.3 is 0 Å². The van der Waals surface area contributed by atoms with Gasteiger partial charge in [0.2, 0.25) is 0 Å². The number of furan rings is 1. The molecule has 0 radical (unpaired) electrons. The highest BCUT2D eigenvalue weighted by Crippen LogP contribution is 2.11. The second-order valence-corrected chi connectivity index (χ2v) is 2.61. The molecule has 0 atom stereocenters. The van der Waals surface area contributed by atoms with Gasteiger partial charge in [0, 0.05) is 6.42 Å². The molecular weight excluding hydrogens is 140 g/mol. The van der Waals surface area contributed by atoms with Crippen LogP contribution in [0.5, 0.6) is 0 Å². The number of carbonyl (C=O) groups is 1. The summed E-state index contributed by atoms with van der Waals surface area (Å²) in [6.07, 6.45) is 3.01. The van der Waals surface area contributed by atoms with E-state index in [9.17, 15) is 4.79 Å². The number of ketones is 1. The molecule has 1 aromatic rings. The molecule has 1 rings (SSSR count). The minimum absolute atomic E-state index is 0.106. The summed E-state index contributed by atoms with van der Waals surface area (Å²) in [6, 6.07) is 1.81. The minimum Gasteiger partial charge on any atom is -0.461 e. The Labute approximate surface area is 66.2 Å². The molecule has 0 N–H and O–H groups in total. The van der Waals surface area contributed by atoms with Gasteiger partial charge in [-0.3, -0.25) is 4.79 Å². The average molecular weight is 152 g/mol. The molecule has 1 aromatic heterocycles. The molecule has 11 heavy (non-hydrogen) atoms. The summed E-state index contributed by atoms with van der Waals surface area (Å²) in [5.74, 6) is 0.627. The maximum atomic E-state index is 11.2. The Balaban J connectivity index is 2.76. The number of carbonyl (C=O) groups excluding carboxylic acids is 1. The Kier molecular flexibility index (Phi) is 2.47. The van der Waals surface area contributed by atoms with E-state index in [2.05, 4.69) is 0 Å². The smallest absolute Gasteiger partial charge is 0.198 e. The zero-order valence-corrected chi connectivity index (χ0v) is 6.89. The van der Waals surface area contributed by atoms with Gasteiger partial charge in [0.15, 0.2) is 11.5 Å². The van der Waals surface area contributed by atoms with Crippen molar-refractivity contribution in [3.8, 4) is 0 Å². The van der Waals surface area contributed by atoms with Crippen LogP contribution in [-0.4, -0.2) is 5.78 Å². The molecule has 0 amide bonds. The third-order valence-electron chi connectivity index (χ3n) is 1.59. The summed E-state index contributed by atoms with van der Waals surface area (Å²) in [7, 11) is 0. The summed E-state index contributed by atoms with van der Waals surface area (Å²) in [5, 5.41) is 0. The Bertz CT molecular complexity index is 248. The molecule has 0 spiro atoms. The number of rotatable bonds is 3. The fourth-order valence-electron chi connectivity index (χ4n) is 0.999. The first kappa shape index (κ1) is 8.05. The molecule has 0 unspecified atom stereocenters. The molecule has 0 saturated heterocycles. The van der Waals surface area contributed by atoms with Gasteiger partial charge in [-0.2, -0.15) is 0 Å². The predicted octanol–water partition coefficient (Wildman–Crippen LogP) is 2.57. The van der Waals surface area contributed by atoms with Gasteiger partial charge in [-0.05, 0) is 25.0 Å². The Morgan fingerprint density at radius 3 is 2.82 bits per heavy atom. The molecule has 0 aliphatic heterocycles. The van der Waals surface area contributed by atoms with E-state index in [1.165, 1.54) is 0 Å². The summed E-state index contributed by atoms with van der Waals surface area (Å²) in [5.41, 5.74) is 0.934. The van der Waals surface area contributed by atoms with Crippen LogP contribution in [0.3, 0.4) is 0 Å². The molecule has 0 aliphatic carbocycles. The Morgan fingerprint density at radius 2 is 2.36 bits per heavy atom. The summed E-state index contributed by atoms with van der Waals surface area (Å²) in [6.45, 7) is 3.86. The van der Waals surface area contributed by atoms with Crippen LogP contribution in [0, 0.1) is 6.92 Å². The van der Waals surface area contributed by atoms with Gasteiger partial charge in [0.25, 0.3) is 0 Å². The summed E-state index contributed by atoms with van der Waals surface area (Å²) >= 11 is 0. The minimum atomic E-state index is 0.106. The molecule has 0 aromatic carbocycles. The van der Waals surface area contributed by atoms with Crippen molar-refractivity contribution in [2.45, 2.75) is 26.7 Å². The average Bonchev–Trinajstić information content (AvgIpc) is 2.36. The van der Waals surface area contributed by atoms with Crippen LogP contribution in [0.4, 0.5) is 0 Å². The van der Waals surface area contributed by atoms with Gasteiger partial charge in [-0.1, -0.05) is 6.92 Å². The van der Waals surface area contributed by atoms with E-state index >= 15 is 0 Å². The van der Waals surface area contributed by atoms with Crippen LogP contribution < -0.4 is 0 Å². The lowest BCUT2D eigenvalue weighted by Gasteiger charge is -1.93. The Morgan fingerprint density at radius 1 is 1.64 bits per heavy atom. The third-order valence-corrected chi connectivity index (χ3v) is 1.59. The van der Waals surface area contributed by atoms with Crippen LogP contribution >= 0.6 is 0 Å². The largest absolute Gasteiger partial charge is 0.461 e. The topological polar surface area (TPSA) is 30.2 Å². The van der Waals surface area contributed by atoms with E-state index < -0.39 is 0 Å². The van der Waals surface area contributed by atoms with E-state index in [1.807, 2.05) is 19.9 Å². The SMILES string of the molecule is CCCC(=O)c1occc1C. The van der Waals surface area contributed by atoms with Gasteiger partial charge < -0.3 is 4.42 Å². The number of hydrogen-bond acceptors (Lipinski definition) is 2. The molecule has 0 aliphatic rings. The van der Waals surface area contributed by atoms with Crippen molar-refractivity contribution in [1.29, 1.82) is 0 Å². The lowest BCUT2D eigenvalue weighted by atomic mass is 10.1. The molecule has 0 fully saturated rings. The molecular formula is C9H12O2. The first-order valence-electron chi connectivity index (χ1n) is 3.83. The highest BCUT2D eigenvalue weighted by Gasteiger charge is 2.10. The number of Topliss-reactive ketones (excluding diaryl/α,β-unsaturated/α-hetero) is 1. The van der Waals surface area contributed by atoms with Gasteiger partial charge in [-0.25, -0.2) is 0 Å². The molecule has 0 saturated carbocycles. The lowest BCUT2D eigenvalue weighted by Crippen LogP contribution is -1.97. The van der Waals surface area contributed by atoms with E-state index in [0.717, 1.165) is 12.0 Å². The van der Waals surface area contributed by atoms with Crippen molar-refractivity contribution >= 4 is 5.78 Å². The summed E-state index contributed by atoms with van der Waals surface area (Å²) < 4.78 is 5.03. The molecule has 2 nitrogen and oxygen atoms in total. The van der Waals surface area contributed by atoms with Crippen molar-refractivity contribution in [2.75, 3.05) is 0 Å². The van der Waals surface area contributed by atoms with Crippen molar-refractivity contribution < 1.29 is 9.21 Å². The maximum Gasteiger partial charge on any atom is 0.198 e. The van der Waals surface area contributed by atoms with Gasteiger partial charge in [0.1, 0.15) is 0 Å². The van der Waals surface area contributed by atoms with Crippen molar-refractivity contribution in [3.05, 3.63) is 23.7 Å². The highest BCUT2D eigenvalue weighted by atomic mass is 16.3. The van der Waals surface area contributed by atoms with E-state index in [4.69, 9.17) is 4.42 Å². The Hall–Kier alpha value is -1.05. The second kappa shape index (κ2) is 3.37. The van der Waals surface area contributed by atoms with Crippen LogP contribution in [0.2, 0.25) is 0 Å². The van der Waals surface area contributed by atoms with Crippen molar-refractivity contribution in [3.63, 3.8) is 0 Å². The molecule has 60 valence electrons. The van der Waals surface area contributed by atoms with Crippen molar-refractivity contribution in [1.82, 2.24) is 0 Å². The standard InChI is InChI=1S/C9H12O2/c1-3-4-8(10)9-7(2)5-6-11-9/h5-6H,3-4H2,1-2H3. The van der Waals surface area contributed by atoms with Crippen LogP contribution in [-0.2, 0) is 0 Å². The van der Waals surface area contributed by atoms with Crippen LogP contribution in [0.25, 0.3) is 0 Å². The normalized spacial score (nSPS) is 10.0. The van der Waals surface area contributed by atoms with Crippen LogP contribution in [0.15, 0.2) is 16.7 Å². The van der Waals surface area contributed by atoms with E-state index in [1.54, 1.807) is 6.26 Å². The fourth-order valence-corrected chi connectivity index (χ4v) is 0.999. The maximum absolute atomic E-state index is 11.2. The quantitative estimate of drug-likeness (QED) is 0.623. The number of aryl methyl sites for hydroxylation is 1. The molecule has 2 heteroatoms. The van der Waals surface area contributed by atoms with E-state index in [-0.39, 0.29) is 5.78 Å². The third kappa shape index (κ3) is 1.70. The van der Waals surface area contributed by atoms with Gasteiger partial charge in [0.05, 0.1) is 6.26 Å². The van der Waals surface area contributed by atoms with Gasteiger partial charge in [-0.15, -0.1) is 0 Å². The first-order chi connectivity index (χ1) is 5.25. The first-order valence-corrected chi connectivity index (χ1v) is 3.83. The molecule has 1 heterocycles. The van der Waals surface area contributed by atoms with Crippen molar-refractivity contribution in [2.24, 2.45) is 0 Å². The highest BCUT2D eigenvalue weighted by molar-refractivity contribution is 5.94. The number of hydrogen-bond donors (Lipinski definition) is 0. The predicted molar refractivity (Wildman–Crippen MR) is 42.7 cm³/mol. The van der Waals surface area contributed by atoms with Crippen LogP contribution in [0.1, 0.15) is 35.9 Å². The molecule has 0 bridgehead atoms. The second-order valence-electron chi connectivity index (χ2n) is 2.61. The van der Waals surface area contributed by atoms with E-state index in [0.29, 0.717) is 12.2 Å². The summed E-state index contributed by atoms with van der Waals surface area (Å²) in [4.78, 5) is 11.2. The lowest BCUT2D eigenvalue weighted by molar-refractivity contribution is 0.0954. The zero-order valence-electron chi connectivity index (χ0n) is 6.89. The fraction of sp³-hybridized carbons (Fsp3) is 0.444. The monoisotopic (exact) mass is 152 g/mol.